The van der Waals surface area contributed by atoms with E-state index in [0.29, 0.717) is 11.9 Å². The lowest BCUT2D eigenvalue weighted by Gasteiger charge is -2.22. The van der Waals surface area contributed by atoms with Gasteiger partial charge in [-0.2, -0.15) is 0 Å². The molecule has 0 bridgehead atoms. The van der Waals surface area contributed by atoms with Gasteiger partial charge in [-0.1, -0.05) is 13.8 Å². The number of aldehydes is 1. The Labute approximate surface area is 84.2 Å². The molecule has 1 atom stereocenters. The van der Waals surface area contributed by atoms with Crippen molar-refractivity contribution in [3.05, 3.63) is 11.6 Å². The smallest absolute Gasteiger partial charge is 0.174 e. The summed E-state index contributed by atoms with van der Waals surface area (Å²) in [6.07, 6.45) is 0.871. The minimum absolute atomic E-state index is 0.0178. The van der Waals surface area contributed by atoms with Crippen LogP contribution in [0.3, 0.4) is 0 Å². The lowest BCUT2D eigenvalue weighted by Crippen LogP contribution is -2.26. The number of allylic oxidation sites excluding steroid dienone is 1. The van der Waals surface area contributed by atoms with E-state index in [1.807, 2.05) is 13.8 Å². The first-order valence-electron chi connectivity index (χ1n) is 4.45. The van der Waals surface area contributed by atoms with Gasteiger partial charge < -0.3 is 14.9 Å². The van der Waals surface area contributed by atoms with Crippen LogP contribution in [0, 0.1) is 5.41 Å². The number of rotatable bonds is 6. The molecule has 0 saturated heterocycles. The van der Waals surface area contributed by atoms with E-state index in [1.165, 1.54) is 6.08 Å². The molecule has 0 aromatic rings. The van der Waals surface area contributed by atoms with E-state index >= 15 is 0 Å². The number of aliphatic hydroxyl groups is 2. The largest absolute Gasteiger partial charge is 0.396 e. The molecule has 0 aliphatic carbocycles. The van der Waals surface area contributed by atoms with E-state index in [9.17, 15) is 9.90 Å². The summed E-state index contributed by atoms with van der Waals surface area (Å²) < 4.78 is 5.03. The van der Waals surface area contributed by atoms with Crippen LogP contribution in [-0.2, 0) is 9.53 Å². The highest BCUT2D eigenvalue weighted by Crippen LogP contribution is 2.14. The molecule has 0 fully saturated rings. The summed E-state index contributed by atoms with van der Waals surface area (Å²) >= 11 is 0. The molecular weight excluding hydrogens is 184 g/mol. The Morgan fingerprint density at radius 3 is 2.57 bits per heavy atom. The van der Waals surface area contributed by atoms with Gasteiger partial charge in [-0.15, -0.1) is 0 Å². The van der Waals surface area contributed by atoms with E-state index in [-0.39, 0.29) is 18.6 Å². The molecule has 0 amide bonds. The third-order valence-corrected chi connectivity index (χ3v) is 1.66. The fourth-order valence-electron chi connectivity index (χ4n) is 0.669. The molecule has 0 radical (unpaired) electrons. The van der Waals surface area contributed by atoms with E-state index in [0.717, 1.165) is 0 Å². The van der Waals surface area contributed by atoms with Crippen molar-refractivity contribution < 1.29 is 19.7 Å². The van der Waals surface area contributed by atoms with E-state index in [2.05, 4.69) is 0 Å². The second kappa shape index (κ2) is 5.90. The van der Waals surface area contributed by atoms with Crippen LogP contribution in [0.5, 0.6) is 0 Å². The van der Waals surface area contributed by atoms with E-state index in [4.69, 9.17) is 9.84 Å². The van der Waals surface area contributed by atoms with Gasteiger partial charge in [0.05, 0.1) is 13.2 Å². The van der Waals surface area contributed by atoms with Gasteiger partial charge in [-0.05, 0) is 18.6 Å². The van der Waals surface area contributed by atoms with Crippen LogP contribution in [-0.4, -0.2) is 36.0 Å². The van der Waals surface area contributed by atoms with Gasteiger partial charge >= 0.3 is 0 Å². The highest BCUT2D eigenvalue weighted by Gasteiger charge is 2.18. The Bertz CT molecular complexity index is 208. The number of hydrogen-bond acceptors (Lipinski definition) is 4. The minimum atomic E-state index is -1.09. The van der Waals surface area contributed by atoms with Crippen LogP contribution in [0.2, 0.25) is 0 Å². The molecule has 0 rings (SSSR count). The first-order valence-corrected chi connectivity index (χ1v) is 4.45. The van der Waals surface area contributed by atoms with E-state index in [1.54, 1.807) is 6.92 Å². The Morgan fingerprint density at radius 1 is 1.57 bits per heavy atom. The third kappa shape index (κ3) is 5.85. The van der Waals surface area contributed by atoms with Gasteiger partial charge in [0.1, 0.15) is 6.29 Å². The average molecular weight is 202 g/mol. The maximum atomic E-state index is 10.2. The Balaban J connectivity index is 3.97. The monoisotopic (exact) mass is 202 g/mol. The average Bonchev–Trinajstić information content (AvgIpc) is 2.15. The van der Waals surface area contributed by atoms with Crippen molar-refractivity contribution in [1.82, 2.24) is 0 Å². The molecule has 14 heavy (non-hydrogen) atoms. The zero-order chi connectivity index (χ0) is 11.2. The van der Waals surface area contributed by atoms with Gasteiger partial charge in [0.2, 0.25) is 0 Å². The quantitative estimate of drug-likeness (QED) is 0.373. The van der Waals surface area contributed by atoms with Crippen LogP contribution in [0.15, 0.2) is 11.6 Å². The second-order valence-electron chi connectivity index (χ2n) is 4.05. The van der Waals surface area contributed by atoms with Crippen LogP contribution < -0.4 is 0 Å². The highest BCUT2D eigenvalue weighted by molar-refractivity contribution is 5.72. The van der Waals surface area contributed by atoms with Crippen molar-refractivity contribution in [1.29, 1.82) is 0 Å². The molecular formula is C10H18O4. The second-order valence-corrected chi connectivity index (χ2v) is 4.05. The van der Waals surface area contributed by atoms with Crippen LogP contribution >= 0.6 is 0 Å². The van der Waals surface area contributed by atoms with Gasteiger partial charge in [0, 0.05) is 5.41 Å². The lowest BCUT2D eigenvalue weighted by molar-refractivity contribution is -0.106. The lowest BCUT2D eigenvalue weighted by atomic mass is 9.97. The summed E-state index contributed by atoms with van der Waals surface area (Å²) in [7, 11) is 0. The van der Waals surface area contributed by atoms with Gasteiger partial charge in [0.25, 0.3) is 0 Å². The highest BCUT2D eigenvalue weighted by atomic mass is 16.6. The van der Waals surface area contributed by atoms with Crippen molar-refractivity contribution in [2.45, 2.75) is 27.1 Å². The Morgan fingerprint density at radius 2 is 2.14 bits per heavy atom. The molecule has 0 saturated carbocycles. The summed E-state index contributed by atoms with van der Waals surface area (Å²) in [5.74, 6) is 0. The maximum Gasteiger partial charge on any atom is 0.174 e. The standard InChI is InChI=1S/C10H18O4/c1-8(5-11)4-9(13)14-7-10(2,3)6-12/h4-5,9,12-13H,6-7H2,1-3H3. The predicted octanol–water partition coefficient (Wildman–Crippen LogP) is 0.485. The van der Waals surface area contributed by atoms with Crippen LogP contribution in [0.1, 0.15) is 20.8 Å². The SMILES string of the molecule is CC(C=O)=CC(O)OCC(C)(C)CO. The predicted molar refractivity (Wildman–Crippen MR) is 52.6 cm³/mol. The summed E-state index contributed by atoms with van der Waals surface area (Å²) in [6.45, 7) is 5.42. The molecule has 0 aliphatic rings. The summed E-state index contributed by atoms with van der Waals surface area (Å²) in [4.78, 5) is 10.2. The third-order valence-electron chi connectivity index (χ3n) is 1.66. The number of aliphatic hydroxyl groups excluding tert-OH is 2. The zero-order valence-corrected chi connectivity index (χ0v) is 8.86. The molecule has 0 spiro atoms. The first-order chi connectivity index (χ1) is 6.41. The van der Waals surface area contributed by atoms with Crippen LogP contribution in [0.25, 0.3) is 0 Å². The molecule has 4 nitrogen and oxygen atoms in total. The van der Waals surface area contributed by atoms with Gasteiger partial charge in [-0.3, -0.25) is 4.79 Å². The summed E-state index contributed by atoms with van der Waals surface area (Å²) in [6, 6.07) is 0. The van der Waals surface area contributed by atoms with Crippen molar-refractivity contribution in [3.8, 4) is 0 Å². The molecule has 2 N–H and O–H groups in total. The first kappa shape index (κ1) is 13.3. The van der Waals surface area contributed by atoms with Crippen molar-refractivity contribution in [2.75, 3.05) is 13.2 Å². The molecule has 82 valence electrons. The Hall–Kier alpha value is -0.710. The molecule has 0 aromatic carbocycles. The van der Waals surface area contributed by atoms with Gasteiger partial charge in [-0.25, -0.2) is 0 Å². The maximum absolute atomic E-state index is 10.2. The molecule has 0 aliphatic heterocycles. The topological polar surface area (TPSA) is 66.8 Å². The van der Waals surface area contributed by atoms with Gasteiger partial charge in [0.15, 0.2) is 6.29 Å². The fraction of sp³-hybridized carbons (Fsp3) is 0.700. The normalized spacial score (nSPS) is 15.4. The molecule has 0 heterocycles. The summed E-state index contributed by atoms with van der Waals surface area (Å²) in [5.41, 5.74) is 0.0310. The summed E-state index contributed by atoms with van der Waals surface area (Å²) in [5, 5.41) is 18.2. The van der Waals surface area contributed by atoms with Crippen molar-refractivity contribution in [2.24, 2.45) is 5.41 Å². The Kier molecular flexibility index (Phi) is 5.60. The number of carbonyl (C=O) groups excluding carboxylic acids is 1. The fourth-order valence-corrected chi connectivity index (χ4v) is 0.669. The number of carbonyl (C=O) groups is 1. The van der Waals surface area contributed by atoms with Crippen molar-refractivity contribution in [3.63, 3.8) is 0 Å². The number of ether oxygens (including phenoxy) is 1. The van der Waals surface area contributed by atoms with E-state index < -0.39 is 6.29 Å². The zero-order valence-electron chi connectivity index (χ0n) is 8.86. The number of hydrogen-bond donors (Lipinski definition) is 2. The molecule has 0 aromatic heterocycles. The minimum Gasteiger partial charge on any atom is -0.396 e. The molecule has 4 heteroatoms. The van der Waals surface area contributed by atoms with Crippen LogP contribution in [0.4, 0.5) is 0 Å². The van der Waals surface area contributed by atoms with Crippen molar-refractivity contribution >= 4 is 6.29 Å². The molecule has 1 unspecified atom stereocenters.